The van der Waals surface area contributed by atoms with Gasteiger partial charge >= 0.3 is 0 Å². The zero-order chi connectivity index (χ0) is 19.0. The SMILES string of the molecule is Cc1c(N2CCN(Cc3nc4ccc(C(F)F)cc4o3)CC2)nc[nH]c1=O. The van der Waals surface area contributed by atoms with Gasteiger partial charge in [0.1, 0.15) is 11.3 Å². The maximum absolute atomic E-state index is 12.8. The highest BCUT2D eigenvalue weighted by Crippen LogP contribution is 2.25. The highest BCUT2D eigenvalue weighted by Gasteiger charge is 2.22. The lowest BCUT2D eigenvalue weighted by atomic mass is 10.2. The number of piperazine rings is 1. The Bertz CT molecular complexity index is 1010. The number of benzene rings is 1. The minimum atomic E-state index is -2.53. The fourth-order valence-electron chi connectivity index (χ4n) is 3.28. The molecule has 1 N–H and O–H groups in total. The molecule has 1 aliphatic rings. The van der Waals surface area contributed by atoms with Gasteiger partial charge in [-0.05, 0) is 19.1 Å². The third-order valence-corrected chi connectivity index (χ3v) is 4.80. The van der Waals surface area contributed by atoms with Crippen molar-refractivity contribution in [2.45, 2.75) is 19.9 Å². The second kappa shape index (κ2) is 7.07. The number of aromatic nitrogens is 3. The van der Waals surface area contributed by atoms with E-state index in [2.05, 4.69) is 24.8 Å². The van der Waals surface area contributed by atoms with Crippen molar-refractivity contribution in [3.8, 4) is 0 Å². The van der Waals surface area contributed by atoms with Crippen molar-refractivity contribution in [2.75, 3.05) is 31.1 Å². The van der Waals surface area contributed by atoms with Crippen LogP contribution in [0.2, 0.25) is 0 Å². The van der Waals surface area contributed by atoms with Crippen molar-refractivity contribution in [3.63, 3.8) is 0 Å². The van der Waals surface area contributed by atoms with Crippen molar-refractivity contribution in [1.82, 2.24) is 19.9 Å². The van der Waals surface area contributed by atoms with Gasteiger partial charge in [-0.15, -0.1) is 0 Å². The van der Waals surface area contributed by atoms with Crippen LogP contribution in [-0.2, 0) is 6.54 Å². The molecule has 0 bridgehead atoms. The number of fused-ring (bicyclic) bond motifs is 1. The molecule has 1 aromatic carbocycles. The van der Waals surface area contributed by atoms with Gasteiger partial charge < -0.3 is 14.3 Å². The molecule has 3 aromatic rings. The van der Waals surface area contributed by atoms with Crippen molar-refractivity contribution < 1.29 is 13.2 Å². The molecule has 7 nitrogen and oxygen atoms in total. The number of oxazole rings is 1. The molecule has 0 unspecified atom stereocenters. The fraction of sp³-hybridized carbons (Fsp3) is 0.389. The van der Waals surface area contributed by atoms with Crippen LogP contribution in [0.3, 0.4) is 0 Å². The Labute approximate surface area is 153 Å². The van der Waals surface area contributed by atoms with E-state index in [1.807, 2.05) is 0 Å². The van der Waals surface area contributed by atoms with Gasteiger partial charge in [0.15, 0.2) is 5.58 Å². The van der Waals surface area contributed by atoms with Gasteiger partial charge in [0, 0.05) is 31.7 Å². The van der Waals surface area contributed by atoms with Crippen molar-refractivity contribution in [1.29, 1.82) is 0 Å². The Morgan fingerprint density at radius 3 is 2.78 bits per heavy atom. The van der Waals surface area contributed by atoms with Gasteiger partial charge in [0.25, 0.3) is 12.0 Å². The molecule has 1 fully saturated rings. The number of rotatable bonds is 4. The van der Waals surface area contributed by atoms with E-state index in [9.17, 15) is 13.6 Å². The number of hydrogen-bond donors (Lipinski definition) is 1. The summed E-state index contributed by atoms with van der Waals surface area (Å²) in [6.45, 7) is 5.25. The predicted octanol–water partition coefficient (Wildman–Crippen LogP) is 2.48. The summed E-state index contributed by atoms with van der Waals surface area (Å²) in [4.78, 5) is 27.2. The average molecular weight is 375 g/mol. The number of hydrogen-bond acceptors (Lipinski definition) is 6. The Balaban J connectivity index is 1.42. The predicted molar refractivity (Wildman–Crippen MR) is 96.1 cm³/mol. The van der Waals surface area contributed by atoms with Crippen LogP contribution in [0, 0.1) is 6.92 Å². The Morgan fingerprint density at radius 2 is 2.04 bits per heavy atom. The van der Waals surface area contributed by atoms with Crippen LogP contribution in [0.5, 0.6) is 0 Å². The Morgan fingerprint density at radius 1 is 1.26 bits per heavy atom. The summed E-state index contributed by atoms with van der Waals surface area (Å²) in [6.07, 6.45) is -1.11. The molecule has 1 aliphatic heterocycles. The first-order chi connectivity index (χ1) is 13.0. The molecular weight excluding hydrogens is 356 g/mol. The van der Waals surface area contributed by atoms with E-state index in [0.29, 0.717) is 34.9 Å². The van der Waals surface area contributed by atoms with Crippen molar-refractivity contribution in [3.05, 3.63) is 51.9 Å². The summed E-state index contributed by atoms with van der Waals surface area (Å²) in [7, 11) is 0. The molecule has 1 saturated heterocycles. The minimum absolute atomic E-state index is 0.0699. The van der Waals surface area contributed by atoms with Gasteiger partial charge in [-0.3, -0.25) is 9.69 Å². The Kier molecular flexibility index (Phi) is 4.61. The molecular formula is C18H19F2N5O2. The fourth-order valence-corrected chi connectivity index (χ4v) is 3.28. The van der Waals surface area contributed by atoms with E-state index < -0.39 is 6.43 Å². The summed E-state index contributed by atoms with van der Waals surface area (Å²) in [5.41, 5.74) is 1.37. The van der Waals surface area contributed by atoms with E-state index in [4.69, 9.17) is 4.42 Å². The minimum Gasteiger partial charge on any atom is -0.439 e. The average Bonchev–Trinajstić information content (AvgIpc) is 3.06. The lowest BCUT2D eigenvalue weighted by Gasteiger charge is -2.35. The van der Waals surface area contributed by atoms with E-state index in [1.165, 1.54) is 18.5 Å². The topological polar surface area (TPSA) is 78.3 Å². The highest BCUT2D eigenvalue weighted by molar-refractivity contribution is 5.73. The number of alkyl halides is 2. The van der Waals surface area contributed by atoms with E-state index in [0.717, 1.165) is 26.2 Å². The largest absolute Gasteiger partial charge is 0.439 e. The van der Waals surface area contributed by atoms with Gasteiger partial charge in [-0.2, -0.15) is 0 Å². The summed E-state index contributed by atoms with van der Waals surface area (Å²) in [5, 5.41) is 0. The molecule has 0 spiro atoms. The van der Waals surface area contributed by atoms with Crippen LogP contribution in [0.1, 0.15) is 23.4 Å². The Hall–Kier alpha value is -2.81. The van der Waals surface area contributed by atoms with Crippen LogP contribution in [0.15, 0.2) is 33.7 Å². The molecule has 2 aromatic heterocycles. The van der Waals surface area contributed by atoms with Crippen LogP contribution < -0.4 is 10.5 Å². The normalized spacial score (nSPS) is 15.8. The molecule has 4 rings (SSSR count). The van der Waals surface area contributed by atoms with E-state index >= 15 is 0 Å². The number of nitrogens with one attached hydrogen (secondary N) is 1. The molecule has 27 heavy (non-hydrogen) atoms. The monoisotopic (exact) mass is 375 g/mol. The smallest absolute Gasteiger partial charge is 0.263 e. The molecule has 0 saturated carbocycles. The third kappa shape index (κ3) is 3.55. The number of anilines is 1. The molecule has 0 atom stereocenters. The van der Waals surface area contributed by atoms with Crippen LogP contribution in [0.4, 0.5) is 14.6 Å². The first-order valence-electron chi connectivity index (χ1n) is 8.70. The van der Waals surface area contributed by atoms with Gasteiger partial charge in [0.2, 0.25) is 5.89 Å². The summed E-state index contributed by atoms with van der Waals surface area (Å²) >= 11 is 0. The van der Waals surface area contributed by atoms with E-state index in [-0.39, 0.29) is 11.1 Å². The zero-order valence-electron chi connectivity index (χ0n) is 14.8. The molecule has 0 aliphatic carbocycles. The van der Waals surface area contributed by atoms with Crippen LogP contribution >= 0.6 is 0 Å². The van der Waals surface area contributed by atoms with Gasteiger partial charge in [-0.25, -0.2) is 18.7 Å². The molecule has 142 valence electrons. The zero-order valence-corrected chi connectivity index (χ0v) is 14.8. The quantitative estimate of drug-likeness (QED) is 0.755. The standard InChI is InChI=1S/C18H19F2N5O2/c1-11-17(21-10-22-18(11)26)25-6-4-24(5-7-25)9-15-23-13-3-2-12(16(19)20)8-14(13)27-15/h2-3,8,10,16H,4-7,9H2,1H3,(H,21,22,26). The molecule has 9 heteroatoms. The first kappa shape index (κ1) is 17.6. The molecule has 0 radical (unpaired) electrons. The number of nitrogens with zero attached hydrogens (tertiary/aromatic N) is 4. The van der Waals surface area contributed by atoms with Crippen molar-refractivity contribution in [2.24, 2.45) is 0 Å². The lowest BCUT2D eigenvalue weighted by Crippen LogP contribution is -2.46. The first-order valence-corrected chi connectivity index (χ1v) is 8.70. The molecule has 0 amide bonds. The van der Waals surface area contributed by atoms with Gasteiger partial charge in [0.05, 0.1) is 18.4 Å². The highest BCUT2D eigenvalue weighted by atomic mass is 19.3. The number of halogens is 2. The maximum Gasteiger partial charge on any atom is 0.263 e. The summed E-state index contributed by atoms with van der Waals surface area (Å²) in [5.74, 6) is 1.22. The van der Waals surface area contributed by atoms with Crippen LogP contribution in [0.25, 0.3) is 11.1 Å². The maximum atomic E-state index is 12.8. The lowest BCUT2D eigenvalue weighted by molar-refractivity contribution is 0.151. The second-order valence-corrected chi connectivity index (χ2v) is 6.58. The molecule has 3 heterocycles. The second-order valence-electron chi connectivity index (χ2n) is 6.58. The summed E-state index contributed by atoms with van der Waals surface area (Å²) < 4.78 is 31.3. The van der Waals surface area contributed by atoms with Crippen molar-refractivity contribution >= 4 is 16.9 Å². The summed E-state index contributed by atoms with van der Waals surface area (Å²) in [6, 6.07) is 4.27. The van der Waals surface area contributed by atoms with Crippen LogP contribution in [-0.4, -0.2) is 46.0 Å². The van der Waals surface area contributed by atoms with E-state index in [1.54, 1.807) is 13.0 Å². The number of aromatic amines is 1. The third-order valence-electron chi connectivity index (χ3n) is 4.80. The van der Waals surface area contributed by atoms with Gasteiger partial charge in [-0.1, -0.05) is 6.07 Å². The number of H-pyrrole nitrogens is 1.